The number of hydrogen-bond donors (Lipinski definition) is 3. The van der Waals surface area contributed by atoms with E-state index in [0.717, 1.165) is 40.6 Å². The van der Waals surface area contributed by atoms with Gasteiger partial charge in [-0.15, -0.1) is 11.3 Å². The van der Waals surface area contributed by atoms with Gasteiger partial charge in [-0.3, -0.25) is 4.79 Å². The van der Waals surface area contributed by atoms with Crippen molar-refractivity contribution in [3.05, 3.63) is 35.2 Å². The van der Waals surface area contributed by atoms with Gasteiger partial charge >= 0.3 is 0 Å². The molecule has 4 nitrogen and oxygen atoms in total. The molecule has 1 aromatic heterocycles. The van der Waals surface area contributed by atoms with Crippen LogP contribution in [0.2, 0.25) is 0 Å². The minimum absolute atomic E-state index is 0.139. The molecule has 4 N–H and O–H groups in total. The van der Waals surface area contributed by atoms with Gasteiger partial charge in [-0.2, -0.15) is 0 Å². The van der Waals surface area contributed by atoms with E-state index in [4.69, 9.17) is 5.73 Å². The second kappa shape index (κ2) is 5.75. The average molecular weight is 304 g/mol. The third kappa shape index (κ3) is 2.95. The number of nitrogens with one attached hydrogen (secondary N) is 1. The molecule has 0 aliphatic heterocycles. The lowest BCUT2D eigenvalue weighted by atomic mass is 9.98. The van der Waals surface area contributed by atoms with Crippen molar-refractivity contribution in [3.8, 4) is 0 Å². The van der Waals surface area contributed by atoms with Crippen LogP contribution in [-0.4, -0.2) is 23.1 Å². The Bertz CT molecular complexity index is 614. The van der Waals surface area contributed by atoms with Gasteiger partial charge in [-0.05, 0) is 30.4 Å². The van der Waals surface area contributed by atoms with E-state index >= 15 is 0 Å². The first-order chi connectivity index (χ1) is 10.1. The zero-order chi connectivity index (χ0) is 14.9. The molecule has 0 saturated heterocycles. The first-order valence-electron chi connectivity index (χ1n) is 7.32. The highest BCUT2D eigenvalue weighted by molar-refractivity contribution is 7.19. The Labute approximate surface area is 128 Å². The van der Waals surface area contributed by atoms with Crippen molar-refractivity contribution in [1.82, 2.24) is 5.32 Å². The zero-order valence-electron chi connectivity index (χ0n) is 11.8. The zero-order valence-corrected chi connectivity index (χ0v) is 12.7. The summed E-state index contributed by atoms with van der Waals surface area (Å²) in [6.45, 7) is 0.213. The summed E-state index contributed by atoms with van der Waals surface area (Å²) >= 11 is 1.56. The lowest BCUT2D eigenvalue weighted by Crippen LogP contribution is -2.52. The third-order valence-corrected chi connectivity index (χ3v) is 5.39. The van der Waals surface area contributed by atoms with Crippen molar-refractivity contribution in [2.75, 3.05) is 6.54 Å². The maximum atomic E-state index is 12.1. The lowest BCUT2D eigenvalue weighted by molar-refractivity contribution is -0.126. The van der Waals surface area contributed by atoms with Crippen molar-refractivity contribution >= 4 is 27.3 Å². The number of aliphatic hydroxyl groups is 1. The standard InChI is InChI=1S/C16H20N2O2S/c17-16(7-3-4-8-16)15(20)18-10-12(19)14-9-11-5-1-2-6-13(11)21-14/h1-2,5-6,9,12,19H,3-4,7-8,10,17H2,(H,18,20). The predicted octanol–water partition coefficient (Wildman–Crippen LogP) is 2.32. The molecule has 5 heteroatoms. The van der Waals surface area contributed by atoms with Crippen molar-refractivity contribution in [1.29, 1.82) is 0 Å². The monoisotopic (exact) mass is 304 g/mol. The molecule has 112 valence electrons. The molecule has 1 fully saturated rings. The van der Waals surface area contributed by atoms with E-state index in [0.29, 0.717) is 0 Å². The summed E-state index contributed by atoms with van der Waals surface area (Å²) in [5.74, 6) is -0.139. The number of thiophene rings is 1. The van der Waals surface area contributed by atoms with E-state index in [2.05, 4.69) is 5.32 Å². The predicted molar refractivity (Wildman–Crippen MR) is 85.2 cm³/mol. The van der Waals surface area contributed by atoms with E-state index in [1.165, 1.54) is 0 Å². The fourth-order valence-electron chi connectivity index (χ4n) is 2.87. The van der Waals surface area contributed by atoms with Gasteiger partial charge in [-0.1, -0.05) is 31.0 Å². The van der Waals surface area contributed by atoms with Crippen LogP contribution in [0.1, 0.15) is 36.7 Å². The molecule has 1 atom stereocenters. The van der Waals surface area contributed by atoms with Crippen molar-refractivity contribution in [3.63, 3.8) is 0 Å². The van der Waals surface area contributed by atoms with Gasteiger partial charge in [0.2, 0.25) is 5.91 Å². The van der Waals surface area contributed by atoms with Gasteiger partial charge in [0.25, 0.3) is 0 Å². The van der Waals surface area contributed by atoms with Crippen LogP contribution in [0.3, 0.4) is 0 Å². The summed E-state index contributed by atoms with van der Waals surface area (Å²) in [7, 11) is 0. The number of carbonyl (C=O) groups excluding carboxylic acids is 1. The molecular formula is C16H20N2O2S. The Morgan fingerprint density at radius 3 is 2.81 bits per heavy atom. The topological polar surface area (TPSA) is 75.4 Å². The molecule has 3 rings (SSSR count). The largest absolute Gasteiger partial charge is 0.386 e. The van der Waals surface area contributed by atoms with Crippen LogP contribution in [0.4, 0.5) is 0 Å². The first kappa shape index (κ1) is 14.5. The van der Waals surface area contributed by atoms with Crippen LogP contribution < -0.4 is 11.1 Å². The van der Waals surface area contributed by atoms with Crippen LogP contribution >= 0.6 is 11.3 Å². The third-order valence-electron chi connectivity index (χ3n) is 4.18. The van der Waals surface area contributed by atoms with Gasteiger partial charge in [-0.25, -0.2) is 0 Å². The minimum atomic E-state index is -0.736. The van der Waals surface area contributed by atoms with Gasteiger partial charge < -0.3 is 16.2 Å². The van der Waals surface area contributed by atoms with Gasteiger partial charge in [0.05, 0.1) is 5.54 Å². The number of carbonyl (C=O) groups is 1. The SMILES string of the molecule is NC1(C(=O)NCC(O)c2cc3ccccc3s2)CCCC1. The normalized spacial score (nSPS) is 18.8. The second-order valence-corrected chi connectivity index (χ2v) is 6.89. The Morgan fingerprint density at radius 1 is 1.38 bits per heavy atom. The first-order valence-corrected chi connectivity index (χ1v) is 8.14. The molecule has 1 aromatic carbocycles. The molecule has 1 heterocycles. The molecule has 1 amide bonds. The Morgan fingerprint density at radius 2 is 2.10 bits per heavy atom. The van der Waals surface area contributed by atoms with Crippen LogP contribution in [0, 0.1) is 0 Å². The molecule has 0 radical (unpaired) electrons. The Kier molecular flexibility index (Phi) is 3.97. The molecular weight excluding hydrogens is 284 g/mol. The fraction of sp³-hybridized carbons (Fsp3) is 0.438. The summed E-state index contributed by atoms with van der Waals surface area (Å²) in [4.78, 5) is 13.0. The summed E-state index contributed by atoms with van der Waals surface area (Å²) in [6, 6.07) is 9.99. The number of aliphatic hydroxyl groups excluding tert-OH is 1. The van der Waals surface area contributed by atoms with Crippen LogP contribution in [0.25, 0.3) is 10.1 Å². The summed E-state index contributed by atoms with van der Waals surface area (Å²) in [5.41, 5.74) is 5.36. The number of rotatable bonds is 4. The maximum Gasteiger partial charge on any atom is 0.240 e. The van der Waals surface area contributed by atoms with E-state index in [1.807, 2.05) is 30.3 Å². The number of benzene rings is 1. The second-order valence-electron chi connectivity index (χ2n) is 5.78. The molecule has 1 unspecified atom stereocenters. The van der Waals surface area contributed by atoms with Crippen LogP contribution in [0.15, 0.2) is 30.3 Å². The quantitative estimate of drug-likeness (QED) is 0.811. The highest BCUT2D eigenvalue weighted by Gasteiger charge is 2.36. The van der Waals surface area contributed by atoms with E-state index < -0.39 is 11.6 Å². The fourth-order valence-corrected chi connectivity index (χ4v) is 3.92. The van der Waals surface area contributed by atoms with Crippen molar-refractivity contribution < 1.29 is 9.90 Å². The smallest absolute Gasteiger partial charge is 0.240 e. The number of nitrogens with two attached hydrogens (primary N) is 1. The van der Waals surface area contributed by atoms with Crippen molar-refractivity contribution in [2.24, 2.45) is 5.73 Å². The van der Waals surface area contributed by atoms with E-state index in [-0.39, 0.29) is 12.5 Å². The van der Waals surface area contributed by atoms with Crippen molar-refractivity contribution in [2.45, 2.75) is 37.3 Å². The molecule has 1 aliphatic rings. The molecule has 1 saturated carbocycles. The minimum Gasteiger partial charge on any atom is -0.386 e. The van der Waals surface area contributed by atoms with E-state index in [9.17, 15) is 9.90 Å². The average Bonchev–Trinajstić information content (AvgIpc) is 3.11. The highest BCUT2D eigenvalue weighted by Crippen LogP contribution is 2.30. The Balaban J connectivity index is 1.63. The van der Waals surface area contributed by atoms with Gasteiger partial charge in [0.15, 0.2) is 0 Å². The van der Waals surface area contributed by atoms with Gasteiger partial charge in [0.1, 0.15) is 6.10 Å². The molecule has 2 aromatic rings. The highest BCUT2D eigenvalue weighted by atomic mass is 32.1. The summed E-state index contributed by atoms with van der Waals surface area (Å²) in [5, 5.41) is 14.2. The summed E-state index contributed by atoms with van der Waals surface area (Å²) in [6.07, 6.45) is 2.79. The summed E-state index contributed by atoms with van der Waals surface area (Å²) < 4.78 is 1.14. The molecule has 1 aliphatic carbocycles. The molecule has 0 bridgehead atoms. The number of hydrogen-bond acceptors (Lipinski definition) is 4. The number of amides is 1. The van der Waals surface area contributed by atoms with Crippen LogP contribution in [0.5, 0.6) is 0 Å². The Hall–Kier alpha value is -1.43. The lowest BCUT2D eigenvalue weighted by Gasteiger charge is -2.23. The van der Waals surface area contributed by atoms with Gasteiger partial charge in [0, 0.05) is 16.1 Å². The molecule has 21 heavy (non-hydrogen) atoms. The number of fused-ring (bicyclic) bond motifs is 1. The molecule has 0 spiro atoms. The maximum absolute atomic E-state index is 12.1. The van der Waals surface area contributed by atoms with E-state index in [1.54, 1.807) is 11.3 Å². The van der Waals surface area contributed by atoms with Crippen LogP contribution in [-0.2, 0) is 4.79 Å².